The van der Waals surface area contributed by atoms with Gasteiger partial charge in [-0.2, -0.15) is 0 Å². The van der Waals surface area contributed by atoms with E-state index >= 15 is 0 Å². The van der Waals surface area contributed by atoms with Crippen molar-refractivity contribution in [3.05, 3.63) is 51.9 Å². The van der Waals surface area contributed by atoms with Gasteiger partial charge in [-0.1, -0.05) is 6.07 Å². The van der Waals surface area contributed by atoms with Crippen molar-refractivity contribution < 1.29 is 18.7 Å². The Labute approximate surface area is 142 Å². The van der Waals surface area contributed by atoms with Gasteiger partial charge < -0.3 is 9.15 Å². The van der Waals surface area contributed by atoms with Crippen LogP contribution in [-0.2, 0) is 0 Å². The molecule has 2 amide bonds. The molecule has 0 aliphatic carbocycles. The highest BCUT2D eigenvalue weighted by molar-refractivity contribution is 7.12. The second-order valence-corrected chi connectivity index (χ2v) is 5.98. The van der Waals surface area contributed by atoms with Gasteiger partial charge in [-0.05, 0) is 43.5 Å². The lowest BCUT2D eigenvalue weighted by atomic mass is 10.1. The summed E-state index contributed by atoms with van der Waals surface area (Å²) in [5.74, 6) is -0.00528. The number of nitrogens with one attached hydrogen (secondary N) is 2. The van der Waals surface area contributed by atoms with Gasteiger partial charge in [0.1, 0.15) is 11.3 Å². The number of hydrogen-bond acceptors (Lipinski definition) is 5. The smallest absolute Gasteiger partial charge is 0.305 e. The predicted octanol–water partition coefficient (Wildman–Crippen LogP) is 3.28. The van der Waals surface area contributed by atoms with Crippen LogP contribution >= 0.6 is 11.3 Å². The lowest BCUT2D eigenvalue weighted by Gasteiger charge is -2.04. The van der Waals surface area contributed by atoms with E-state index in [0.29, 0.717) is 28.4 Å². The minimum atomic E-state index is -0.508. The van der Waals surface area contributed by atoms with Crippen LogP contribution in [0.2, 0.25) is 0 Å². The number of aryl methyl sites for hydroxylation is 1. The fraction of sp³-hybridized carbons (Fsp3) is 0.176. The van der Waals surface area contributed by atoms with Gasteiger partial charge in [-0.25, -0.2) is 0 Å². The number of fused-ring (bicyclic) bond motifs is 1. The molecule has 124 valence electrons. The molecule has 0 bridgehead atoms. The van der Waals surface area contributed by atoms with E-state index in [4.69, 9.17) is 9.15 Å². The molecule has 6 nitrogen and oxygen atoms in total. The number of benzene rings is 1. The average molecular weight is 344 g/mol. The SMILES string of the molecule is CCOc1ccc2oc(C(=O)NNC(=O)c3cccs3)c(C)c2c1. The van der Waals surface area contributed by atoms with Gasteiger partial charge in [-0.3, -0.25) is 20.4 Å². The first kappa shape index (κ1) is 16.1. The molecule has 0 unspecified atom stereocenters. The largest absolute Gasteiger partial charge is 0.494 e. The molecule has 1 aromatic carbocycles. The number of ether oxygens (including phenoxy) is 1. The first-order valence-corrected chi connectivity index (χ1v) is 8.28. The summed E-state index contributed by atoms with van der Waals surface area (Å²) in [5.41, 5.74) is 6.02. The highest BCUT2D eigenvalue weighted by Crippen LogP contribution is 2.28. The second kappa shape index (κ2) is 6.76. The topological polar surface area (TPSA) is 80.6 Å². The van der Waals surface area contributed by atoms with Gasteiger partial charge in [0.25, 0.3) is 5.91 Å². The van der Waals surface area contributed by atoms with E-state index in [-0.39, 0.29) is 11.7 Å². The highest BCUT2D eigenvalue weighted by Gasteiger charge is 2.19. The van der Waals surface area contributed by atoms with Gasteiger partial charge in [0.2, 0.25) is 0 Å². The lowest BCUT2D eigenvalue weighted by molar-refractivity contribution is 0.0833. The van der Waals surface area contributed by atoms with Crippen LogP contribution in [0.5, 0.6) is 5.75 Å². The summed E-state index contributed by atoms with van der Waals surface area (Å²) in [5, 5.41) is 2.59. The fourth-order valence-corrected chi connectivity index (χ4v) is 2.93. The predicted molar refractivity (Wildman–Crippen MR) is 91.4 cm³/mol. The average Bonchev–Trinajstić information content (AvgIpc) is 3.22. The van der Waals surface area contributed by atoms with Crippen molar-refractivity contribution in [1.82, 2.24) is 10.9 Å². The molecular formula is C17H16N2O4S. The Morgan fingerprint density at radius 2 is 2.00 bits per heavy atom. The summed E-state index contributed by atoms with van der Waals surface area (Å²) in [7, 11) is 0. The third kappa shape index (κ3) is 3.11. The molecule has 0 saturated heterocycles. The van der Waals surface area contributed by atoms with Crippen LogP contribution in [0.25, 0.3) is 11.0 Å². The molecule has 0 spiro atoms. The van der Waals surface area contributed by atoms with Crippen LogP contribution in [0, 0.1) is 6.92 Å². The van der Waals surface area contributed by atoms with E-state index in [1.807, 2.05) is 13.0 Å². The maximum atomic E-state index is 12.3. The van der Waals surface area contributed by atoms with Crippen LogP contribution in [-0.4, -0.2) is 18.4 Å². The molecule has 0 atom stereocenters. The van der Waals surface area contributed by atoms with E-state index in [9.17, 15) is 9.59 Å². The molecule has 0 aliphatic heterocycles. The van der Waals surface area contributed by atoms with Gasteiger partial charge in [-0.15, -0.1) is 11.3 Å². The molecule has 2 aromatic heterocycles. The lowest BCUT2D eigenvalue weighted by Crippen LogP contribution is -2.41. The molecule has 3 rings (SSSR count). The molecule has 7 heteroatoms. The first-order valence-electron chi connectivity index (χ1n) is 7.40. The zero-order valence-electron chi connectivity index (χ0n) is 13.2. The molecule has 0 fully saturated rings. The van der Waals surface area contributed by atoms with E-state index in [2.05, 4.69) is 10.9 Å². The molecule has 0 aliphatic rings. The highest BCUT2D eigenvalue weighted by atomic mass is 32.1. The number of thiophene rings is 1. The number of carbonyl (C=O) groups excluding carboxylic acids is 2. The number of hydrogen-bond donors (Lipinski definition) is 2. The van der Waals surface area contributed by atoms with Crippen LogP contribution in [0.3, 0.4) is 0 Å². The zero-order chi connectivity index (χ0) is 17.1. The normalized spacial score (nSPS) is 10.6. The fourth-order valence-electron chi connectivity index (χ4n) is 2.31. The summed E-state index contributed by atoms with van der Waals surface area (Å²) in [6.45, 7) is 4.25. The summed E-state index contributed by atoms with van der Waals surface area (Å²) >= 11 is 1.29. The van der Waals surface area contributed by atoms with Crippen LogP contribution in [0.15, 0.2) is 40.1 Å². The summed E-state index contributed by atoms with van der Waals surface area (Å²) < 4.78 is 11.1. The maximum Gasteiger partial charge on any atom is 0.305 e. The van der Waals surface area contributed by atoms with E-state index in [1.54, 1.807) is 36.6 Å². The van der Waals surface area contributed by atoms with E-state index in [0.717, 1.165) is 5.39 Å². The third-order valence-corrected chi connectivity index (χ3v) is 4.33. The molecule has 2 N–H and O–H groups in total. The maximum absolute atomic E-state index is 12.3. The monoisotopic (exact) mass is 344 g/mol. The summed E-state index contributed by atoms with van der Waals surface area (Å²) in [6, 6.07) is 8.82. The first-order chi connectivity index (χ1) is 11.6. The Hall–Kier alpha value is -2.80. The Kier molecular flexibility index (Phi) is 4.52. The van der Waals surface area contributed by atoms with Gasteiger partial charge in [0, 0.05) is 10.9 Å². The summed E-state index contributed by atoms with van der Waals surface area (Å²) in [4.78, 5) is 24.6. The number of hydrazine groups is 1. The van der Waals surface area contributed by atoms with Crippen molar-refractivity contribution in [3.8, 4) is 5.75 Å². The number of rotatable bonds is 4. The molecule has 0 saturated carbocycles. The van der Waals surface area contributed by atoms with Gasteiger partial charge in [0.05, 0.1) is 11.5 Å². The zero-order valence-corrected chi connectivity index (χ0v) is 14.0. The van der Waals surface area contributed by atoms with Crippen molar-refractivity contribution in [3.63, 3.8) is 0 Å². The van der Waals surface area contributed by atoms with Gasteiger partial charge in [0.15, 0.2) is 5.76 Å². The molecule has 0 radical (unpaired) electrons. The molecular weight excluding hydrogens is 328 g/mol. The molecule has 2 heterocycles. The number of furan rings is 1. The van der Waals surface area contributed by atoms with E-state index < -0.39 is 5.91 Å². The van der Waals surface area contributed by atoms with Crippen molar-refractivity contribution in [1.29, 1.82) is 0 Å². The van der Waals surface area contributed by atoms with Crippen molar-refractivity contribution in [2.75, 3.05) is 6.61 Å². The second-order valence-electron chi connectivity index (χ2n) is 5.03. The Bertz CT molecular complexity index is 884. The van der Waals surface area contributed by atoms with Crippen molar-refractivity contribution >= 4 is 34.1 Å². The summed E-state index contributed by atoms with van der Waals surface area (Å²) in [6.07, 6.45) is 0. The Balaban J connectivity index is 1.77. The van der Waals surface area contributed by atoms with Crippen LogP contribution in [0.1, 0.15) is 32.7 Å². The number of amides is 2. The van der Waals surface area contributed by atoms with E-state index in [1.165, 1.54) is 11.3 Å². The van der Waals surface area contributed by atoms with Gasteiger partial charge >= 0.3 is 5.91 Å². The standard InChI is InChI=1S/C17H16N2O4S/c1-3-22-11-6-7-13-12(9-11)10(2)15(23-13)17(21)19-18-16(20)14-5-4-8-24-14/h4-9H,3H2,1-2H3,(H,18,20)(H,19,21). The van der Waals surface area contributed by atoms with Crippen molar-refractivity contribution in [2.45, 2.75) is 13.8 Å². The minimum Gasteiger partial charge on any atom is -0.494 e. The Morgan fingerprint density at radius 1 is 1.21 bits per heavy atom. The van der Waals surface area contributed by atoms with Crippen LogP contribution in [0.4, 0.5) is 0 Å². The van der Waals surface area contributed by atoms with Crippen LogP contribution < -0.4 is 15.6 Å². The Morgan fingerprint density at radius 3 is 2.71 bits per heavy atom. The number of carbonyl (C=O) groups is 2. The minimum absolute atomic E-state index is 0.158. The quantitative estimate of drug-likeness (QED) is 0.712. The molecule has 24 heavy (non-hydrogen) atoms. The molecule has 3 aromatic rings. The third-order valence-electron chi connectivity index (χ3n) is 3.46. The van der Waals surface area contributed by atoms with Crippen molar-refractivity contribution in [2.24, 2.45) is 0 Å².